The number of methoxy groups -OCH3 is 1. The topological polar surface area (TPSA) is 76.1 Å². The van der Waals surface area contributed by atoms with Crippen LogP contribution in [0.1, 0.15) is 26.7 Å². The molecule has 1 aromatic carbocycles. The third-order valence-corrected chi connectivity index (χ3v) is 5.18. The second kappa shape index (κ2) is 9.48. The predicted octanol–water partition coefficient (Wildman–Crippen LogP) is 3.69. The SMILES string of the molecule is CCCC(C)NC(=O)CSc1nnc(Nc2ccccc2OC)s1. The summed E-state index contributed by atoms with van der Waals surface area (Å²) >= 11 is 2.80. The lowest BCUT2D eigenvalue weighted by Crippen LogP contribution is -2.33. The van der Waals surface area contributed by atoms with Crippen LogP contribution in [0, 0.1) is 0 Å². The van der Waals surface area contributed by atoms with Gasteiger partial charge in [0, 0.05) is 6.04 Å². The van der Waals surface area contributed by atoms with Crippen LogP contribution in [0.2, 0.25) is 0 Å². The molecule has 1 unspecified atom stereocenters. The Balaban J connectivity index is 1.86. The van der Waals surface area contributed by atoms with E-state index in [-0.39, 0.29) is 11.9 Å². The standard InChI is InChI=1S/C16H22N4O2S2/c1-4-7-11(2)17-14(21)10-23-16-20-19-15(24-16)18-12-8-5-6-9-13(12)22-3/h5-6,8-9,11H,4,7,10H2,1-3H3,(H,17,21)(H,18,19). The van der Waals surface area contributed by atoms with Crippen LogP contribution in [-0.4, -0.2) is 35.0 Å². The van der Waals surface area contributed by atoms with Gasteiger partial charge in [0.1, 0.15) is 5.75 Å². The molecule has 130 valence electrons. The molecule has 0 radical (unpaired) electrons. The number of para-hydroxylation sites is 2. The van der Waals surface area contributed by atoms with E-state index >= 15 is 0 Å². The van der Waals surface area contributed by atoms with Crippen molar-refractivity contribution in [3.8, 4) is 5.75 Å². The number of aromatic nitrogens is 2. The molecule has 0 saturated carbocycles. The molecule has 24 heavy (non-hydrogen) atoms. The van der Waals surface area contributed by atoms with Crippen molar-refractivity contribution < 1.29 is 9.53 Å². The van der Waals surface area contributed by atoms with Gasteiger partial charge < -0.3 is 15.4 Å². The van der Waals surface area contributed by atoms with Crippen molar-refractivity contribution in [3.05, 3.63) is 24.3 Å². The molecule has 0 bridgehead atoms. The van der Waals surface area contributed by atoms with Gasteiger partial charge in [-0.3, -0.25) is 4.79 Å². The van der Waals surface area contributed by atoms with Gasteiger partial charge in [-0.25, -0.2) is 0 Å². The van der Waals surface area contributed by atoms with Gasteiger partial charge in [-0.05, 0) is 25.5 Å². The van der Waals surface area contributed by atoms with Gasteiger partial charge in [0.25, 0.3) is 0 Å². The van der Waals surface area contributed by atoms with E-state index in [2.05, 4.69) is 27.8 Å². The van der Waals surface area contributed by atoms with Crippen LogP contribution >= 0.6 is 23.1 Å². The van der Waals surface area contributed by atoms with Gasteiger partial charge in [-0.1, -0.05) is 48.6 Å². The molecule has 2 rings (SSSR count). The average molecular weight is 367 g/mol. The Kier molecular flexibility index (Phi) is 7.33. The van der Waals surface area contributed by atoms with Gasteiger partial charge in [0.05, 0.1) is 18.6 Å². The summed E-state index contributed by atoms with van der Waals surface area (Å²) in [6.07, 6.45) is 2.05. The van der Waals surface area contributed by atoms with Crippen molar-refractivity contribution in [2.24, 2.45) is 0 Å². The first-order valence-corrected chi connectivity index (χ1v) is 9.58. The smallest absolute Gasteiger partial charge is 0.230 e. The van der Waals surface area contributed by atoms with E-state index in [9.17, 15) is 4.79 Å². The lowest BCUT2D eigenvalue weighted by molar-refractivity contribution is -0.119. The molecule has 0 spiro atoms. The maximum Gasteiger partial charge on any atom is 0.230 e. The van der Waals surface area contributed by atoms with Crippen molar-refractivity contribution in [1.29, 1.82) is 0 Å². The molecule has 2 N–H and O–H groups in total. The van der Waals surface area contributed by atoms with E-state index in [4.69, 9.17) is 4.74 Å². The quantitative estimate of drug-likeness (QED) is 0.659. The molecule has 6 nitrogen and oxygen atoms in total. The van der Waals surface area contributed by atoms with Gasteiger partial charge in [0.2, 0.25) is 11.0 Å². The maximum atomic E-state index is 11.9. The highest BCUT2D eigenvalue weighted by Crippen LogP contribution is 2.31. The lowest BCUT2D eigenvalue weighted by atomic mass is 10.2. The highest BCUT2D eigenvalue weighted by Gasteiger charge is 2.11. The Hall–Kier alpha value is -1.80. The van der Waals surface area contributed by atoms with Gasteiger partial charge in [-0.15, -0.1) is 10.2 Å². The van der Waals surface area contributed by atoms with Gasteiger partial charge >= 0.3 is 0 Å². The molecule has 8 heteroatoms. The Morgan fingerprint density at radius 1 is 1.38 bits per heavy atom. The number of ether oxygens (including phenoxy) is 1. The number of nitrogens with one attached hydrogen (secondary N) is 2. The molecule has 0 fully saturated rings. The lowest BCUT2D eigenvalue weighted by Gasteiger charge is -2.11. The molecule has 0 aliphatic carbocycles. The second-order valence-corrected chi connectivity index (χ2v) is 7.44. The molecule has 1 atom stereocenters. The number of thioether (sulfide) groups is 1. The average Bonchev–Trinajstić information content (AvgIpc) is 3.01. The van der Waals surface area contributed by atoms with Crippen molar-refractivity contribution in [1.82, 2.24) is 15.5 Å². The molecule has 1 heterocycles. The van der Waals surface area contributed by atoms with E-state index in [1.807, 2.05) is 31.2 Å². The zero-order valence-corrected chi connectivity index (χ0v) is 15.7. The van der Waals surface area contributed by atoms with Crippen LogP contribution < -0.4 is 15.4 Å². The van der Waals surface area contributed by atoms with Gasteiger partial charge in [0.15, 0.2) is 4.34 Å². The number of hydrogen-bond acceptors (Lipinski definition) is 7. The van der Waals surface area contributed by atoms with Crippen LogP contribution in [0.3, 0.4) is 0 Å². The Bertz CT molecular complexity index is 663. The number of hydrogen-bond donors (Lipinski definition) is 2. The summed E-state index contributed by atoms with van der Waals surface area (Å²) in [5.41, 5.74) is 0.832. The van der Waals surface area contributed by atoms with E-state index < -0.39 is 0 Å². The minimum absolute atomic E-state index is 0.0235. The fraction of sp³-hybridized carbons (Fsp3) is 0.438. The summed E-state index contributed by atoms with van der Waals surface area (Å²) in [5.74, 6) is 1.11. The fourth-order valence-electron chi connectivity index (χ4n) is 2.13. The number of anilines is 2. The molecule has 1 aromatic heterocycles. The second-order valence-electron chi connectivity index (χ2n) is 5.24. The highest BCUT2D eigenvalue weighted by atomic mass is 32.2. The minimum atomic E-state index is 0.0235. The normalized spacial score (nSPS) is 11.8. The largest absolute Gasteiger partial charge is 0.495 e. The van der Waals surface area contributed by atoms with Crippen molar-refractivity contribution in [2.75, 3.05) is 18.2 Å². The molecular weight excluding hydrogens is 344 g/mol. The summed E-state index contributed by atoms with van der Waals surface area (Å²) in [6, 6.07) is 7.82. The fourth-order valence-corrected chi connectivity index (χ4v) is 3.71. The summed E-state index contributed by atoms with van der Waals surface area (Å²) in [6.45, 7) is 4.13. The summed E-state index contributed by atoms with van der Waals surface area (Å²) < 4.78 is 6.05. The third-order valence-electron chi connectivity index (χ3n) is 3.21. The number of carbonyl (C=O) groups is 1. The molecule has 1 amide bonds. The van der Waals surface area contributed by atoms with Crippen molar-refractivity contribution in [3.63, 3.8) is 0 Å². The van der Waals surface area contributed by atoms with E-state index in [0.29, 0.717) is 10.9 Å². The first-order valence-electron chi connectivity index (χ1n) is 7.78. The van der Waals surface area contributed by atoms with E-state index in [1.165, 1.54) is 23.1 Å². The number of nitrogens with zero attached hydrogens (tertiary/aromatic N) is 2. The molecule has 0 saturated heterocycles. The monoisotopic (exact) mass is 366 g/mol. The molecule has 0 aliphatic rings. The van der Waals surface area contributed by atoms with Crippen LogP contribution in [-0.2, 0) is 4.79 Å². The molecule has 2 aromatic rings. The number of amides is 1. The van der Waals surface area contributed by atoms with Crippen LogP contribution in [0.4, 0.5) is 10.8 Å². The third kappa shape index (κ3) is 5.68. The summed E-state index contributed by atoms with van der Waals surface area (Å²) in [5, 5.41) is 15.0. The number of rotatable bonds is 9. The van der Waals surface area contributed by atoms with Crippen LogP contribution in [0.5, 0.6) is 5.75 Å². The Labute approximate surface area is 150 Å². The number of carbonyl (C=O) groups excluding carboxylic acids is 1. The van der Waals surface area contributed by atoms with E-state index in [0.717, 1.165) is 28.6 Å². The highest BCUT2D eigenvalue weighted by molar-refractivity contribution is 8.01. The summed E-state index contributed by atoms with van der Waals surface area (Å²) in [4.78, 5) is 11.9. The van der Waals surface area contributed by atoms with Gasteiger partial charge in [-0.2, -0.15) is 0 Å². The van der Waals surface area contributed by atoms with Crippen LogP contribution in [0.25, 0.3) is 0 Å². The first kappa shape index (κ1) is 18.5. The van der Waals surface area contributed by atoms with Crippen molar-refractivity contribution in [2.45, 2.75) is 37.1 Å². The van der Waals surface area contributed by atoms with Crippen molar-refractivity contribution >= 4 is 39.8 Å². The Morgan fingerprint density at radius 3 is 2.92 bits per heavy atom. The molecule has 0 aliphatic heterocycles. The first-order chi connectivity index (χ1) is 11.6. The minimum Gasteiger partial charge on any atom is -0.495 e. The zero-order chi connectivity index (χ0) is 17.4. The zero-order valence-electron chi connectivity index (χ0n) is 14.0. The van der Waals surface area contributed by atoms with E-state index in [1.54, 1.807) is 7.11 Å². The number of benzene rings is 1. The maximum absolute atomic E-state index is 11.9. The summed E-state index contributed by atoms with van der Waals surface area (Å²) in [7, 11) is 1.63. The van der Waals surface area contributed by atoms with Crippen LogP contribution in [0.15, 0.2) is 28.6 Å². The Morgan fingerprint density at radius 2 is 2.17 bits per heavy atom. The molecular formula is C16H22N4O2S2. The predicted molar refractivity (Wildman–Crippen MR) is 99.4 cm³/mol.